The Morgan fingerprint density at radius 1 is 1.13 bits per heavy atom. The van der Waals surface area contributed by atoms with E-state index >= 15 is 0 Å². The molecule has 2 aromatic rings. The standard InChI is InChI=1S/C18H17F3N2/c19-18(20,21)16-7-6-15(11-22-16)17-10-14(17)8-9-23(17)12-13-4-2-1-3-5-13/h1-7,11,14H,8-10,12H2. The maximum atomic E-state index is 12.7. The largest absolute Gasteiger partial charge is 0.433 e. The smallest absolute Gasteiger partial charge is 0.289 e. The van der Waals surface area contributed by atoms with Crippen molar-refractivity contribution in [1.29, 1.82) is 0 Å². The van der Waals surface area contributed by atoms with Gasteiger partial charge in [-0.3, -0.25) is 9.88 Å². The molecule has 1 aromatic heterocycles. The molecule has 4 rings (SSSR count). The van der Waals surface area contributed by atoms with Crippen molar-refractivity contribution in [3.05, 3.63) is 65.5 Å². The van der Waals surface area contributed by atoms with Crippen LogP contribution in [0.1, 0.15) is 29.7 Å². The molecular formula is C18H17F3N2. The van der Waals surface area contributed by atoms with E-state index in [4.69, 9.17) is 0 Å². The average molecular weight is 318 g/mol. The molecule has 0 spiro atoms. The lowest BCUT2D eigenvalue weighted by Gasteiger charge is -2.28. The van der Waals surface area contributed by atoms with Gasteiger partial charge in [0.05, 0.1) is 5.54 Å². The van der Waals surface area contributed by atoms with E-state index in [2.05, 4.69) is 22.0 Å². The summed E-state index contributed by atoms with van der Waals surface area (Å²) in [6.07, 6.45) is -0.828. The molecule has 2 heterocycles. The zero-order valence-electron chi connectivity index (χ0n) is 12.6. The number of hydrogen-bond donors (Lipinski definition) is 0. The second kappa shape index (κ2) is 5.06. The predicted octanol–water partition coefficient (Wildman–Crippen LogP) is 4.22. The van der Waals surface area contributed by atoms with Crippen LogP contribution in [0.4, 0.5) is 13.2 Å². The third kappa shape index (κ3) is 2.43. The van der Waals surface area contributed by atoms with Gasteiger partial charge in [-0.1, -0.05) is 36.4 Å². The first kappa shape index (κ1) is 14.7. The van der Waals surface area contributed by atoms with Gasteiger partial charge >= 0.3 is 6.18 Å². The molecule has 1 aromatic carbocycles. The maximum Gasteiger partial charge on any atom is 0.433 e. The third-order valence-corrected chi connectivity index (χ3v) is 5.15. The van der Waals surface area contributed by atoms with Gasteiger partial charge in [-0.2, -0.15) is 13.2 Å². The molecular weight excluding hydrogens is 301 g/mol. The summed E-state index contributed by atoms with van der Waals surface area (Å²) in [5, 5.41) is 0. The molecule has 0 bridgehead atoms. The van der Waals surface area contributed by atoms with E-state index in [1.54, 1.807) is 6.07 Å². The van der Waals surface area contributed by atoms with Gasteiger partial charge in [0, 0.05) is 12.7 Å². The van der Waals surface area contributed by atoms with Crippen molar-refractivity contribution in [1.82, 2.24) is 9.88 Å². The van der Waals surface area contributed by atoms with Crippen LogP contribution in [0, 0.1) is 5.92 Å². The van der Waals surface area contributed by atoms with Crippen molar-refractivity contribution < 1.29 is 13.2 Å². The summed E-state index contributed by atoms with van der Waals surface area (Å²) in [5.74, 6) is 0.546. The number of aromatic nitrogens is 1. The van der Waals surface area contributed by atoms with Crippen molar-refractivity contribution >= 4 is 0 Å². The van der Waals surface area contributed by atoms with Gasteiger partial charge in [0.25, 0.3) is 0 Å². The molecule has 1 saturated carbocycles. The molecule has 2 aliphatic rings. The number of benzene rings is 1. The molecule has 0 N–H and O–H groups in total. The Labute approximate surface area is 133 Å². The number of piperidine rings is 1. The van der Waals surface area contributed by atoms with E-state index in [-0.39, 0.29) is 5.54 Å². The number of pyridine rings is 1. The van der Waals surface area contributed by atoms with Crippen LogP contribution in [0.25, 0.3) is 0 Å². The highest BCUT2D eigenvalue weighted by Crippen LogP contribution is 2.62. The van der Waals surface area contributed by atoms with Gasteiger partial charge in [0.2, 0.25) is 0 Å². The van der Waals surface area contributed by atoms with E-state index in [1.807, 2.05) is 18.2 Å². The SMILES string of the molecule is FC(F)(F)c1ccc(C23CC2CCN3Cc2ccccc2)cn1. The molecule has 23 heavy (non-hydrogen) atoms. The van der Waals surface area contributed by atoms with Crippen LogP contribution < -0.4 is 0 Å². The number of hydrogen-bond acceptors (Lipinski definition) is 2. The van der Waals surface area contributed by atoms with E-state index in [1.165, 1.54) is 11.8 Å². The van der Waals surface area contributed by atoms with Crippen LogP contribution in [0.5, 0.6) is 0 Å². The molecule has 2 unspecified atom stereocenters. The minimum Gasteiger partial charge on any atom is -0.289 e. The summed E-state index contributed by atoms with van der Waals surface area (Å²) in [5.41, 5.74) is 1.23. The second-order valence-electron chi connectivity index (χ2n) is 6.45. The van der Waals surface area contributed by atoms with Gasteiger partial charge in [0.1, 0.15) is 5.69 Å². The van der Waals surface area contributed by atoms with Gasteiger partial charge in [0.15, 0.2) is 0 Å². The van der Waals surface area contributed by atoms with Crippen LogP contribution in [0.15, 0.2) is 48.7 Å². The number of alkyl halides is 3. The zero-order valence-corrected chi connectivity index (χ0v) is 12.6. The number of nitrogens with zero attached hydrogens (tertiary/aromatic N) is 2. The monoisotopic (exact) mass is 318 g/mol. The zero-order chi connectivity index (χ0) is 16.1. The van der Waals surface area contributed by atoms with Crippen molar-refractivity contribution in [3.8, 4) is 0 Å². The van der Waals surface area contributed by atoms with Crippen molar-refractivity contribution in [3.63, 3.8) is 0 Å². The molecule has 2 atom stereocenters. The summed E-state index contributed by atoms with van der Waals surface area (Å²) in [4.78, 5) is 6.06. The quantitative estimate of drug-likeness (QED) is 0.842. The Hall–Kier alpha value is -1.88. The first-order valence-electron chi connectivity index (χ1n) is 7.83. The van der Waals surface area contributed by atoms with Crippen molar-refractivity contribution in [2.24, 2.45) is 5.92 Å². The third-order valence-electron chi connectivity index (χ3n) is 5.15. The minimum absolute atomic E-state index is 0.104. The maximum absolute atomic E-state index is 12.7. The Balaban J connectivity index is 1.60. The molecule has 120 valence electrons. The molecule has 2 nitrogen and oxygen atoms in total. The van der Waals surface area contributed by atoms with Crippen LogP contribution in [-0.4, -0.2) is 16.4 Å². The van der Waals surface area contributed by atoms with E-state index < -0.39 is 11.9 Å². The molecule has 5 heteroatoms. The van der Waals surface area contributed by atoms with E-state index in [0.29, 0.717) is 5.92 Å². The summed E-state index contributed by atoms with van der Waals surface area (Å²) < 4.78 is 38.1. The van der Waals surface area contributed by atoms with Crippen LogP contribution in [0.2, 0.25) is 0 Å². The molecule has 1 saturated heterocycles. The minimum atomic E-state index is -4.38. The number of fused-ring (bicyclic) bond motifs is 1. The lowest BCUT2D eigenvalue weighted by molar-refractivity contribution is -0.141. The first-order valence-corrected chi connectivity index (χ1v) is 7.83. The highest BCUT2D eigenvalue weighted by molar-refractivity contribution is 5.35. The normalized spacial score (nSPS) is 27.0. The van der Waals surface area contributed by atoms with Crippen LogP contribution in [-0.2, 0) is 18.3 Å². The van der Waals surface area contributed by atoms with Gasteiger partial charge in [-0.05, 0) is 42.5 Å². The highest BCUT2D eigenvalue weighted by atomic mass is 19.4. The summed E-state index contributed by atoms with van der Waals surface area (Å²) in [7, 11) is 0. The Morgan fingerprint density at radius 2 is 1.91 bits per heavy atom. The van der Waals surface area contributed by atoms with Gasteiger partial charge in [-0.25, -0.2) is 0 Å². The Bertz CT molecular complexity index is 696. The van der Waals surface area contributed by atoms with Crippen molar-refractivity contribution in [2.75, 3.05) is 6.54 Å². The number of halogens is 3. The predicted molar refractivity (Wildman–Crippen MR) is 80.5 cm³/mol. The second-order valence-corrected chi connectivity index (χ2v) is 6.45. The Morgan fingerprint density at radius 3 is 2.52 bits per heavy atom. The number of rotatable bonds is 3. The topological polar surface area (TPSA) is 16.1 Å². The van der Waals surface area contributed by atoms with Crippen LogP contribution in [0.3, 0.4) is 0 Å². The fourth-order valence-corrected chi connectivity index (χ4v) is 3.93. The molecule has 1 aliphatic heterocycles. The Kier molecular flexibility index (Phi) is 3.23. The number of likely N-dealkylation sites (tertiary alicyclic amines) is 1. The van der Waals surface area contributed by atoms with Crippen LogP contribution >= 0.6 is 0 Å². The van der Waals surface area contributed by atoms with Gasteiger partial charge < -0.3 is 0 Å². The lowest BCUT2D eigenvalue weighted by Crippen LogP contribution is -2.32. The summed E-state index contributed by atoms with van der Waals surface area (Å²) in [6, 6.07) is 12.9. The molecule has 0 radical (unpaired) electrons. The summed E-state index contributed by atoms with van der Waals surface area (Å²) >= 11 is 0. The first-order chi connectivity index (χ1) is 11.0. The fourth-order valence-electron chi connectivity index (χ4n) is 3.93. The van der Waals surface area contributed by atoms with Gasteiger partial charge in [-0.15, -0.1) is 0 Å². The summed E-state index contributed by atoms with van der Waals surface area (Å²) in [6.45, 7) is 1.82. The van der Waals surface area contributed by atoms with E-state index in [0.717, 1.165) is 37.6 Å². The molecule has 0 amide bonds. The molecule has 2 fully saturated rings. The fraction of sp³-hybridized carbons (Fsp3) is 0.389. The average Bonchev–Trinajstić information content (AvgIpc) is 3.18. The van der Waals surface area contributed by atoms with E-state index in [9.17, 15) is 13.2 Å². The van der Waals surface area contributed by atoms with Crippen molar-refractivity contribution in [2.45, 2.75) is 31.1 Å². The lowest BCUT2D eigenvalue weighted by atomic mass is 10.0. The molecule has 1 aliphatic carbocycles. The highest BCUT2D eigenvalue weighted by Gasteiger charge is 2.62.